The fraction of sp³-hybridized carbons (Fsp3) is 0.217. The lowest BCUT2D eigenvalue weighted by atomic mass is 9.90. The molecule has 0 radical (unpaired) electrons. The van der Waals surface area contributed by atoms with Gasteiger partial charge in [0, 0.05) is 17.6 Å². The topological polar surface area (TPSA) is 93.4 Å². The molecule has 12 heteroatoms. The highest BCUT2D eigenvalue weighted by molar-refractivity contribution is 7.74. The Balaban J connectivity index is 1.96. The zero-order chi connectivity index (χ0) is 25.9. The Morgan fingerprint density at radius 1 is 1.14 bits per heavy atom. The van der Waals surface area contributed by atoms with Gasteiger partial charge in [0.15, 0.2) is 0 Å². The van der Waals surface area contributed by atoms with Crippen LogP contribution in [0.5, 0.6) is 0 Å². The van der Waals surface area contributed by atoms with E-state index in [0.717, 1.165) is 16.4 Å². The van der Waals surface area contributed by atoms with Gasteiger partial charge in [-0.15, -0.1) is 0 Å². The third-order valence-electron chi connectivity index (χ3n) is 5.38. The Morgan fingerprint density at radius 3 is 2.43 bits per heavy atom. The second kappa shape index (κ2) is 10.6. The zero-order valence-corrected chi connectivity index (χ0v) is 19.9. The van der Waals surface area contributed by atoms with Crippen LogP contribution < -0.4 is 10.0 Å². The van der Waals surface area contributed by atoms with Crippen molar-refractivity contribution in [2.45, 2.75) is 24.9 Å². The minimum atomic E-state index is -4.66. The molecule has 0 aliphatic carbocycles. The minimum absolute atomic E-state index is 0.0421. The molecule has 0 aliphatic heterocycles. The van der Waals surface area contributed by atoms with Crippen LogP contribution in [0, 0.1) is 5.82 Å². The number of pyridine rings is 1. The van der Waals surface area contributed by atoms with Crippen molar-refractivity contribution in [3.05, 3.63) is 82.3 Å². The van der Waals surface area contributed by atoms with Crippen LogP contribution in [-0.4, -0.2) is 26.4 Å². The summed E-state index contributed by atoms with van der Waals surface area (Å²) in [5.41, 5.74) is 5.27. The van der Waals surface area contributed by atoms with Crippen molar-refractivity contribution < 1.29 is 30.8 Å². The summed E-state index contributed by atoms with van der Waals surface area (Å²) in [4.78, 5) is 15.9. The van der Waals surface area contributed by atoms with Gasteiger partial charge in [-0.1, -0.05) is 35.9 Å². The molecular formula is C23H20ClF4N3O3S. The van der Waals surface area contributed by atoms with Gasteiger partial charge in [-0.2, -0.15) is 13.2 Å². The van der Waals surface area contributed by atoms with Crippen molar-refractivity contribution in [1.29, 1.82) is 0 Å². The molecule has 2 N–H and O–H groups in total. The quantitative estimate of drug-likeness (QED) is 0.326. The Hall–Kier alpha value is -3.18. The van der Waals surface area contributed by atoms with E-state index in [2.05, 4.69) is 4.98 Å². The molecule has 0 fully saturated rings. The largest absolute Gasteiger partial charge is 0.433 e. The number of rotatable bonds is 8. The standard InChI is InChI=1S/C23H20ClF4N3O3S/c1-31(35(33)34)19-9-6-14(12-18(19)25)17(22(29)32)8-5-13-7-10-20(23(26,27)28)30-21(13)15-3-2-4-16(24)11-15/h2-4,6-7,9-12,17,35H,5,8H2,1H3,(H2,29,32). The lowest BCUT2D eigenvalue weighted by Gasteiger charge is -2.18. The maximum Gasteiger partial charge on any atom is 0.433 e. The maximum absolute atomic E-state index is 14.5. The van der Waals surface area contributed by atoms with Gasteiger partial charge in [0.25, 0.3) is 0 Å². The molecule has 0 saturated carbocycles. The first-order valence-electron chi connectivity index (χ1n) is 10.2. The number of amides is 1. The number of hydrogen-bond acceptors (Lipinski definition) is 4. The van der Waals surface area contributed by atoms with Crippen LogP contribution in [0.2, 0.25) is 5.02 Å². The van der Waals surface area contributed by atoms with Crippen molar-refractivity contribution in [2.75, 3.05) is 11.4 Å². The van der Waals surface area contributed by atoms with Gasteiger partial charge in [-0.05, 0) is 54.3 Å². The van der Waals surface area contributed by atoms with Gasteiger partial charge in [-0.25, -0.2) is 17.8 Å². The number of aryl methyl sites for hydroxylation is 1. The van der Waals surface area contributed by atoms with E-state index in [0.29, 0.717) is 16.1 Å². The predicted molar refractivity (Wildman–Crippen MR) is 125 cm³/mol. The van der Waals surface area contributed by atoms with Gasteiger partial charge in [0.05, 0.1) is 17.3 Å². The summed E-state index contributed by atoms with van der Waals surface area (Å²) in [6, 6.07) is 11.9. The molecule has 6 nitrogen and oxygen atoms in total. The van der Waals surface area contributed by atoms with Gasteiger partial charge < -0.3 is 5.73 Å². The Labute approximate surface area is 205 Å². The van der Waals surface area contributed by atoms with Crippen LogP contribution in [0.1, 0.15) is 29.2 Å². The van der Waals surface area contributed by atoms with Crippen molar-refractivity contribution >= 4 is 34.1 Å². The summed E-state index contributed by atoms with van der Waals surface area (Å²) in [7, 11) is -1.89. The molecule has 2 aromatic carbocycles. The number of nitrogens with zero attached hydrogens (tertiary/aromatic N) is 2. The van der Waals surface area contributed by atoms with Crippen LogP contribution in [0.15, 0.2) is 54.6 Å². The number of primary amides is 1. The number of aromatic nitrogens is 1. The van der Waals surface area contributed by atoms with E-state index in [9.17, 15) is 30.8 Å². The van der Waals surface area contributed by atoms with Crippen LogP contribution in [0.4, 0.5) is 23.2 Å². The molecule has 0 bridgehead atoms. The lowest BCUT2D eigenvalue weighted by Crippen LogP contribution is -2.23. The molecule has 186 valence electrons. The maximum atomic E-state index is 14.5. The summed E-state index contributed by atoms with van der Waals surface area (Å²) in [5.74, 6) is -2.63. The predicted octanol–water partition coefficient (Wildman–Crippen LogP) is 4.72. The molecule has 0 aliphatic rings. The second-order valence-electron chi connectivity index (χ2n) is 7.68. The Bertz CT molecular complexity index is 1320. The Kier molecular flexibility index (Phi) is 8.01. The molecule has 1 atom stereocenters. The first-order valence-corrected chi connectivity index (χ1v) is 11.7. The molecule has 1 heterocycles. The van der Waals surface area contributed by atoms with Crippen LogP contribution in [0.3, 0.4) is 0 Å². The molecule has 0 spiro atoms. The third-order valence-corrected chi connectivity index (χ3v) is 6.32. The van der Waals surface area contributed by atoms with E-state index < -0.39 is 40.4 Å². The number of alkyl halides is 3. The number of nitrogens with two attached hydrogens (primary N) is 1. The molecule has 35 heavy (non-hydrogen) atoms. The second-order valence-corrected chi connectivity index (χ2v) is 9.19. The SMILES string of the molecule is CN(c1ccc(C(CCc2ccc(C(F)(F)F)nc2-c2cccc(Cl)c2)C(N)=O)cc1F)[SH](=O)=O. The summed E-state index contributed by atoms with van der Waals surface area (Å²) in [6.45, 7) is 0. The van der Waals surface area contributed by atoms with E-state index in [1.807, 2.05) is 0 Å². The number of halogens is 5. The first kappa shape index (κ1) is 26.4. The van der Waals surface area contributed by atoms with Crippen molar-refractivity contribution in [3.8, 4) is 11.3 Å². The van der Waals surface area contributed by atoms with E-state index in [1.54, 1.807) is 18.2 Å². The van der Waals surface area contributed by atoms with Gasteiger partial charge in [0.1, 0.15) is 11.5 Å². The highest BCUT2D eigenvalue weighted by Crippen LogP contribution is 2.34. The van der Waals surface area contributed by atoms with Crippen molar-refractivity contribution in [2.24, 2.45) is 5.73 Å². The summed E-state index contributed by atoms with van der Waals surface area (Å²) in [5, 5.41) is 0.308. The first-order chi connectivity index (χ1) is 16.4. The normalized spacial score (nSPS) is 12.5. The zero-order valence-electron chi connectivity index (χ0n) is 18.2. The fourth-order valence-electron chi connectivity index (χ4n) is 3.60. The number of hydrogen-bond donors (Lipinski definition) is 2. The van der Waals surface area contributed by atoms with Gasteiger partial charge in [0.2, 0.25) is 16.8 Å². The van der Waals surface area contributed by atoms with Gasteiger partial charge >= 0.3 is 6.18 Å². The Morgan fingerprint density at radius 2 is 1.86 bits per heavy atom. The van der Waals surface area contributed by atoms with Crippen LogP contribution >= 0.6 is 11.6 Å². The molecule has 3 aromatic rings. The van der Waals surface area contributed by atoms with E-state index in [-0.39, 0.29) is 29.8 Å². The molecule has 1 aromatic heterocycles. The molecule has 3 rings (SSSR count). The third kappa shape index (κ3) is 6.29. The highest BCUT2D eigenvalue weighted by atomic mass is 35.5. The minimum Gasteiger partial charge on any atom is -0.369 e. The summed E-state index contributed by atoms with van der Waals surface area (Å²) >= 11 is 6.01. The van der Waals surface area contributed by atoms with Crippen molar-refractivity contribution in [3.63, 3.8) is 0 Å². The monoisotopic (exact) mass is 529 g/mol. The number of carbonyl (C=O) groups is 1. The average Bonchev–Trinajstić information content (AvgIpc) is 2.78. The number of carbonyl (C=O) groups excluding carboxylic acids is 1. The summed E-state index contributed by atoms with van der Waals surface area (Å²) < 4.78 is 77.4. The van der Waals surface area contributed by atoms with E-state index in [4.69, 9.17) is 17.3 Å². The number of benzene rings is 2. The fourth-order valence-corrected chi connectivity index (χ4v) is 4.13. The van der Waals surface area contributed by atoms with Crippen molar-refractivity contribution in [1.82, 2.24) is 4.98 Å². The molecule has 1 amide bonds. The number of anilines is 1. The molecule has 0 saturated heterocycles. The highest BCUT2D eigenvalue weighted by Gasteiger charge is 2.33. The molecule has 1 unspecified atom stereocenters. The number of thiol groups is 1. The van der Waals surface area contributed by atoms with Gasteiger partial charge in [-0.3, -0.25) is 9.10 Å². The average molecular weight is 530 g/mol. The lowest BCUT2D eigenvalue weighted by molar-refractivity contribution is -0.141. The van der Waals surface area contributed by atoms with Crippen LogP contribution in [0.25, 0.3) is 11.3 Å². The summed E-state index contributed by atoms with van der Waals surface area (Å²) in [6.07, 6.45) is -4.53. The molecular weight excluding hydrogens is 510 g/mol. The van der Waals surface area contributed by atoms with Crippen LogP contribution in [-0.2, 0) is 28.3 Å². The smallest absolute Gasteiger partial charge is 0.369 e. The van der Waals surface area contributed by atoms with E-state index in [1.165, 1.54) is 31.3 Å². The van der Waals surface area contributed by atoms with E-state index >= 15 is 0 Å².